The number of likely N-dealkylation sites (tertiary alicyclic amines) is 1. The zero-order chi connectivity index (χ0) is 20.9. The summed E-state index contributed by atoms with van der Waals surface area (Å²) in [6.45, 7) is 1.29. The molecular formula is C21H20ClFN4O3. The number of aromatic nitrogens is 2. The molecule has 0 aliphatic carbocycles. The molecular weight excluding hydrogens is 411 g/mol. The minimum absolute atomic E-state index is 0.111. The fraction of sp³-hybridized carbons (Fsp3) is 0.286. The van der Waals surface area contributed by atoms with E-state index in [4.69, 9.17) is 20.9 Å². The number of piperidine rings is 1. The highest BCUT2D eigenvalue weighted by atomic mass is 35.5. The van der Waals surface area contributed by atoms with Crippen LogP contribution >= 0.6 is 11.6 Å². The molecule has 1 aliphatic heterocycles. The molecule has 2 heterocycles. The van der Waals surface area contributed by atoms with Crippen LogP contribution in [0.1, 0.15) is 30.5 Å². The number of carbonyl (C=O) groups is 1. The first-order valence-corrected chi connectivity index (χ1v) is 9.97. The summed E-state index contributed by atoms with van der Waals surface area (Å²) in [5.74, 6) is 1.28. The first kappa shape index (κ1) is 20.2. The van der Waals surface area contributed by atoms with E-state index >= 15 is 0 Å². The molecule has 0 bridgehead atoms. The minimum Gasteiger partial charge on any atom is -0.484 e. The summed E-state index contributed by atoms with van der Waals surface area (Å²) in [6, 6.07) is 12.6. The van der Waals surface area contributed by atoms with Gasteiger partial charge in [-0.3, -0.25) is 0 Å². The number of benzene rings is 2. The quantitative estimate of drug-likeness (QED) is 0.625. The number of amides is 2. The smallest absolute Gasteiger partial charge is 0.321 e. The summed E-state index contributed by atoms with van der Waals surface area (Å²) in [6.07, 6.45) is 1.47. The van der Waals surface area contributed by atoms with E-state index in [1.54, 1.807) is 29.2 Å². The van der Waals surface area contributed by atoms with Gasteiger partial charge in [-0.1, -0.05) is 22.8 Å². The maximum absolute atomic E-state index is 12.9. The lowest BCUT2D eigenvalue weighted by Gasteiger charge is -2.30. The summed E-state index contributed by atoms with van der Waals surface area (Å²) < 4.78 is 23.7. The van der Waals surface area contributed by atoms with Crippen LogP contribution < -0.4 is 10.1 Å². The van der Waals surface area contributed by atoms with E-state index in [-0.39, 0.29) is 24.4 Å². The van der Waals surface area contributed by atoms with Gasteiger partial charge in [0, 0.05) is 29.7 Å². The maximum Gasteiger partial charge on any atom is 0.321 e. The van der Waals surface area contributed by atoms with Gasteiger partial charge in [0.1, 0.15) is 11.6 Å². The van der Waals surface area contributed by atoms with Gasteiger partial charge in [0.05, 0.1) is 0 Å². The van der Waals surface area contributed by atoms with Gasteiger partial charge in [-0.25, -0.2) is 9.18 Å². The summed E-state index contributed by atoms with van der Waals surface area (Å²) in [4.78, 5) is 18.6. The summed E-state index contributed by atoms with van der Waals surface area (Å²) in [7, 11) is 0. The lowest BCUT2D eigenvalue weighted by Crippen LogP contribution is -2.40. The van der Waals surface area contributed by atoms with Crippen LogP contribution in [0.3, 0.4) is 0 Å². The summed E-state index contributed by atoms with van der Waals surface area (Å²) in [5.41, 5.74) is 0.665. The number of nitrogens with zero attached hydrogens (tertiary/aromatic N) is 3. The van der Waals surface area contributed by atoms with Gasteiger partial charge >= 0.3 is 6.03 Å². The van der Waals surface area contributed by atoms with Crippen molar-refractivity contribution in [2.45, 2.75) is 25.4 Å². The normalized spacial score (nSPS) is 14.5. The van der Waals surface area contributed by atoms with Crippen LogP contribution in [0.2, 0.25) is 5.02 Å². The van der Waals surface area contributed by atoms with Crippen molar-refractivity contribution in [1.29, 1.82) is 0 Å². The highest BCUT2D eigenvalue weighted by Gasteiger charge is 2.27. The van der Waals surface area contributed by atoms with E-state index in [2.05, 4.69) is 15.5 Å². The van der Waals surface area contributed by atoms with E-state index in [9.17, 15) is 9.18 Å². The number of nitrogens with one attached hydrogen (secondary N) is 1. The summed E-state index contributed by atoms with van der Waals surface area (Å²) >= 11 is 5.95. The van der Waals surface area contributed by atoms with Crippen molar-refractivity contribution in [3.8, 4) is 5.75 Å². The van der Waals surface area contributed by atoms with Gasteiger partial charge < -0.3 is 19.5 Å². The number of anilines is 1. The minimum atomic E-state index is -0.324. The average molecular weight is 431 g/mol. The number of carbonyl (C=O) groups excluding carboxylic acids is 1. The van der Waals surface area contributed by atoms with Gasteiger partial charge in [0.2, 0.25) is 0 Å². The average Bonchev–Trinajstić information content (AvgIpc) is 3.22. The van der Waals surface area contributed by atoms with Crippen molar-refractivity contribution >= 4 is 23.3 Å². The van der Waals surface area contributed by atoms with Gasteiger partial charge in [-0.15, -0.1) is 0 Å². The Kier molecular flexibility index (Phi) is 6.13. The SMILES string of the molecule is O=C(Nc1cccc(Cl)c1)N1CCC(c2noc(COc3ccc(F)cc3)n2)CC1. The van der Waals surface area contributed by atoms with Gasteiger partial charge in [-0.05, 0) is 55.3 Å². The Bertz CT molecular complexity index is 1000. The molecule has 1 aliphatic rings. The Morgan fingerprint density at radius 3 is 2.73 bits per heavy atom. The molecule has 30 heavy (non-hydrogen) atoms. The van der Waals surface area contributed by atoms with E-state index in [1.807, 2.05) is 0 Å². The molecule has 2 aromatic carbocycles. The van der Waals surface area contributed by atoms with Gasteiger partial charge in [0.25, 0.3) is 5.89 Å². The topological polar surface area (TPSA) is 80.5 Å². The fourth-order valence-corrected chi connectivity index (χ4v) is 3.47. The second-order valence-corrected chi connectivity index (χ2v) is 7.43. The zero-order valence-electron chi connectivity index (χ0n) is 16.1. The molecule has 1 fully saturated rings. The van der Waals surface area contributed by atoms with Crippen LogP contribution in [0.15, 0.2) is 53.1 Å². The number of ether oxygens (including phenoxy) is 1. The Hall–Kier alpha value is -3.13. The Labute approximate surface area is 177 Å². The van der Waals surface area contributed by atoms with Crippen molar-refractivity contribution in [1.82, 2.24) is 15.0 Å². The van der Waals surface area contributed by atoms with E-state index < -0.39 is 0 Å². The summed E-state index contributed by atoms with van der Waals surface area (Å²) in [5, 5.41) is 7.49. The number of halogens is 2. The molecule has 1 saturated heterocycles. The molecule has 0 unspecified atom stereocenters. The van der Waals surface area contributed by atoms with Crippen LogP contribution in [0.5, 0.6) is 5.75 Å². The first-order chi connectivity index (χ1) is 14.6. The van der Waals surface area contributed by atoms with E-state index in [0.717, 1.165) is 12.8 Å². The predicted octanol–water partition coefficient (Wildman–Crippen LogP) is 4.85. The molecule has 9 heteroatoms. The third-order valence-electron chi connectivity index (χ3n) is 4.88. The molecule has 3 aromatic rings. The standard InChI is InChI=1S/C21H20ClFN4O3/c22-15-2-1-3-17(12-15)24-21(28)27-10-8-14(9-11-27)20-25-19(30-26-20)13-29-18-6-4-16(23)5-7-18/h1-7,12,14H,8-11,13H2,(H,24,28). The van der Waals surface area contributed by atoms with Crippen molar-refractivity contribution in [3.05, 3.63) is 71.1 Å². The molecule has 2 amide bonds. The fourth-order valence-electron chi connectivity index (χ4n) is 3.28. The van der Waals surface area contributed by atoms with Crippen LogP contribution in [0, 0.1) is 5.82 Å². The van der Waals surface area contributed by atoms with Crippen LogP contribution in [-0.2, 0) is 6.61 Å². The van der Waals surface area contributed by atoms with Gasteiger partial charge in [-0.2, -0.15) is 4.98 Å². The molecule has 0 radical (unpaired) electrons. The molecule has 0 atom stereocenters. The van der Waals surface area contributed by atoms with Crippen LogP contribution in [-0.4, -0.2) is 34.2 Å². The largest absolute Gasteiger partial charge is 0.484 e. The number of urea groups is 1. The van der Waals surface area contributed by atoms with Gasteiger partial charge in [0.15, 0.2) is 12.4 Å². The van der Waals surface area contributed by atoms with E-state index in [1.165, 1.54) is 24.3 Å². The maximum atomic E-state index is 12.9. The molecule has 0 saturated carbocycles. The molecule has 1 N–H and O–H groups in total. The second kappa shape index (κ2) is 9.13. The van der Waals surface area contributed by atoms with Crippen LogP contribution in [0.25, 0.3) is 0 Å². The number of hydrogen-bond donors (Lipinski definition) is 1. The number of hydrogen-bond acceptors (Lipinski definition) is 5. The lowest BCUT2D eigenvalue weighted by molar-refractivity contribution is 0.193. The lowest BCUT2D eigenvalue weighted by atomic mass is 9.96. The second-order valence-electron chi connectivity index (χ2n) is 6.99. The third kappa shape index (κ3) is 5.07. The molecule has 4 rings (SSSR count). The monoisotopic (exact) mass is 430 g/mol. The first-order valence-electron chi connectivity index (χ1n) is 9.59. The highest BCUT2D eigenvalue weighted by Crippen LogP contribution is 2.27. The van der Waals surface area contributed by atoms with Crippen molar-refractivity contribution in [2.75, 3.05) is 18.4 Å². The van der Waals surface area contributed by atoms with E-state index in [0.29, 0.717) is 41.3 Å². The highest BCUT2D eigenvalue weighted by molar-refractivity contribution is 6.30. The van der Waals surface area contributed by atoms with Crippen LogP contribution in [0.4, 0.5) is 14.9 Å². The van der Waals surface area contributed by atoms with Crippen molar-refractivity contribution in [3.63, 3.8) is 0 Å². The molecule has 0 spiro atoms. The zero-order valence-corrected chi connectivity index (χ0v) is 16.8. The van der Waals surface area contributed by atoms with Crippen molar-refractivity contribution < 1.29 is 18.4 Å². The predicted molar refractivity (Wildman–Crippen MR) is 109 cm³/mol. The number of rotatable bonds is 5. The Morgan fingerprint density at radius 1 is 1.23 bits per heavy atom. The Morgan fingerprint density at radius 2 is 2.00 bits per heavy atom. The van der Waals surface area contributed by atoms with Crippen molar-refractivity contribution in [2.24, 2.45) is 0 Å². The third-order valence-corrected chi connectivity index (χ3v) is 5.12. The molecule has 7 nitrogen and oxygen atoms in total. The molecule has 156 valence electrons. The Balaban J connectivity index is 1.27. The molecule has 1 aromatic heterocycles.